The SMILES string of the molecule is CCC1=CC(C)(C)/C=C\C(C)(C)C=N1. The smallest absolute Gasteiger partial charge is 0.0366 e. The van der Waals surface area contributed by atoms with Crippen molar-refractivity contribution < 1.29 is 0 Å². The lowest BCUT2D eigenvalue weighted by atomic mass is 9.85. The molecule has 0 radical (unpaired) electrons. The first-order valence-corrected chi connectivity index (χ1v) is 5.32. The van der Waals surface area contributed by atoms with Crippen LogP contribution in [0.2, 0.25) is 0 Å². The van der Waals surface area contributed by atoms with E-state index < -0.39 is 0 Å². The Kier molecular flexibility index (Phi) is 2.98. The highest BCUT2D eigenvalue weighted by atomic mass is 14.7. The average Bonchev–Trinajstić information content (AvgIpc) is 2.08. The third-order valence-electron chi connectivity index (χ3n) is 2.41. The van der Waals surface area contributed by atoms with Crippen molar-refractivity contribution in [2.75, 3.05) is 0 Å². The molecule has 0 saturated carbocycles. The van der Waals surface area contributed by atoms with E-state index in [2.05, 4.69) is 57.8 Å². The minimum atomic E-state index is 0.0753. The Hall–Kier alpha value is -0.850. The maximum Gasteiger partial charge on any atom is 0.0366 e. The van der Waals surface area contributed by atoms with Gasteiger partial charge in [0.2, 0.25) is 0 Å². The van der Waals surface area contributed by atoms with E-state index in [0.717, 1.165) is 6.42 Å². The van der Waals surface area contributed by atoms with Crippen LogP contribution in [0.1, 0.15) is 41.0 Å². The Morgan fingerprint density at radius 3 is 2.21 bits per heavy atom. The summed E-state index contributed by atoms with van der Waals surface area (Å²) in [6.07, 6.45) is 9.79. The van der Waals surface area contributed by atoms with Crippen molar-refractivity contribution in [2.45, 2.75) is 41.0 Å². The minimum Gasteiger partial charge on any atom is -0.265 e. The Bertz CT molecular complexity index is 290. The van der Waals surface area contributed by atoms with Crippen LogP contribution in [0.3, 0.4) is 0 Å². The number of hydrogen-bond acceptors (Lipinski definition) is 1. The summed E-state index contributed by atoms with van der Waals surface area (Å²) in [6, 6.07) is 0. The first-order valence-electron chi connectivity index (χ1n) is 5.32. The summed E-state index contributed by atoms with van der Waals surface area (Å²) in [5, 5.41) is 0. The number of rotatable bonds is 1. The van der Waals surface area contributed by atoms with Gasteiger partial charge in [-0.1, -0.05) is 52.8 Å². The summed E-state index contributed by atoms with van der Waals surface area (Å²) in [5.74, 6) is 0. The van der Waals surface area contributed by atoms with Crippen LogP contribution in [-0.4, -0.2) is 6.21 Å². The molecule has 14 heavy (non-hydrogen) atoms. The van der Waals surface area contributed by atoms with Crippen molar-refractivity contribution in [3.63, 3.8) is 0 Å². The molecule has 1 heterocycles. The highest BCUT2D eigenvalue weighted by Gasteiger charge is 2.18. The minimum absolute atomic E-state index is 0.0753. The van der Waals surface area contributed by atoms with Crippen molar-refractivity contribution >= 4 is 6.21 Å². The largest absolute Gasteiger partial charge is 0.265 e. The van der Waals surface area contributed by atoms with Crippen molar-refractivity contribution in [3.05, 3.63) is 23.9 Å². The maximum atomic E-state index is 4.53. The zero-order chi connectivity index (χ0) is 10.8. The lowest BCUT2D eigenvalue weighted by Gasteiger charge is -2.23. The molecule has 0 amide bonds. The van der Waals surface area contributed by atoms with Gasteiger partial charge in [0.1, 0.15) is 0 Å². The molecular formula is C13H21N. The van der Waals surface area contributed by atoms with E-state index in [1.165, 1.54) is 5.70 Å². The molecule has 0 saturated heterocycles. The monoisotopic (exact) mass is 191 g/mol. The molecule has 1 nitrogen and oxygen atoms in total. The molecule has 1 heteroatoms. The quantitative estimate of drug-likeness (QED) is 0.556. The van der Waals surface area contributed by atoms with E-state index in [1.807, 2.05) is 6.21 Å². The molecule has 0 bridgehead atoms. The molecule has 0 N–H and O–H groups in total. The normalized spacial score (nSPS) is 26.2. The van der Waals surface area contributed by atoms with Gasteiger partial charge in [0.05, 0.1) is 0 Å². The molecule has 0 fully saturated rings. The molecule has 0 aliphatic carbocycles. The van der Waals surface area contributed by atoms with Gasteiger partial charge in [-0.25, -0.2) is 0 Å². The van der Waals surface area contributed by atoms with Gasteiger partial charge >= 0.3 is 0 Å². The average molecular weight is 191 g/mol. The summed E-state index contributed by atoms with van der Waals surface area (Å²) in [5.41, 5.74) is 1.39. The van der Waals surface area contributed by atoms with Crippen molar-refractivity contribution in [1.29, 1.82) is 0 Å². The molecule has 1 aliphatic heterocycles. The zero-order valence-corrected chi connectivity index (χ0v) is 9.96. The summed E-state index contributed by atoms with van der Waals surface area (Å²) in [4.78, 5) is 4.53. The fourth-order valence-electron chi connectivity index (χ4n) is 1.43. The lowest BCUT2D eigenvalue weighted by Crippen LogP contribution is -2.14. The van der Waals surface area contributed by atoms with Crippen LogP contribution in [0, 0.1) is 10.8 Å². The van der Waals surface area contributed by atoms with Gasteiger partial charge in [0.15, 0.2) is 0 Å². The van der Waals surface area contributed by atoms with E-state index in [4.69, 9.17) is 0 Å². The van der Waals surface area contributed by atoms with Crippen LogP contribution in [0.4, 0.5) is 0 Å². The van der Waals surface area contributed by atoms with Crippen LogP contribution in [0.25, 0.3) is 0 Å². The Morgan fingerprint density at radius 1 is 1.07 bits per heavy atom. The molecule has 1 rings (SSSR count). The predicted molar refractivity (Wildman–Crippen MR) is 63.6 cm³/mol. The van der Waals surface area contributed by atoms with Gasteiger partial charge in [-0.15, -0.1) is 0 Å². The van der Waals surface area contributed by atoms with Crippen LogP contribution in [-0.2, 0) is 0 Å². The van der Waals surface area contributed by atoms with E-state index in [9.17, 15) is 0 Å². The standard InChI is InChI=1S/C13H21N/c1-6-11-9-12(2,3)7-8-13(4,5)10-14-11/h7-10H,6H2,1-5H3/b8-7-,11-9?,14-10?. The Labute approximate surface area is 87.6 Å². The van der Waals surface area contributed by atoms with Gasteiger partial charge in [-0.2, -0.15) is 0 Å². The second-order valence-electron chi connectivity index (χ2n) is 5.22. The van der Waals surface area contributed by atoms with Gasteiger partial charge in [0, 0.05) is 22.7 Å². The molecule has 1 aliphatic rings. The van der Waals surface area contributed by atoms with E-state index in [-0.39, 0.29) is 10.8 Å². The number of nitrogens with zero attached hydrogens (tertiary/aromatic N) is 1. The highest BCUT2D eigenvalue weighted by molar-refractivity contribution is 5.69. The van der Waals surface area contributed by atoms with Crippen LogP contribution >= 0.6 is 0 Å². The van der Waals surface area contributed by atoms with E-state index in [1.54, 1.807) is 0 Å². The van der Waals surface area contributed by atoms with Crippen LogP contribution < -0.4 is 0 Å². The molecule has 0 aromatic heterocycles. The molecular weight excluding hydrogens is 170 g/mol. The molecule has 0 spiro atoms. The first-order chi connectivity index (χ1) is 6.35. The topological polar surface area (TPSA) is 12.4 Å². The molecule has 0 aromatic rings. The van der Waals surface area contributed by atoms with Crippen molar-refractivity contribution in [2.24, 2.45) is 15.8 Å². The molecule has 0 aromatic carbocycles. The van der Waals surface area contributed by atoms with Gasteiger partial charge in [-0.3, -0.25) is 4.99 Å². The number of aliphatic imine (C=N–C) groups is 1. The molecule has 78 valence electrons. The predicted octanol–water partition coefficient (Wildman–Crippen LogP) is 3.97. The van der Waals surface area contributed by atoms with E-state index in [0.29, 0.717) is 0 Å². The second kappa shape index (κ2) is 3.72. The summed E-state index contributed by atoms with van der Waals surface area (Å²) in [7, 11) is 0. The highest BCUT2D eigenvalue weighted by Crippen LogP contribution is 2.28. The number of hydrogen-bond donors (Lipinski definition) is 0. The first kappa shape index (κ1) is 11.2. The fraction of sp³-hybridized carbons (Fsp3) is 0.615. The summed E-state index contributed by atoms with van der Waals surface area (Å²) < 4.78 is 0. The lowest BCUT2D eigenvalue weighted by molar-refractivity contribution is 0.589. The summed E-state index contributed by atoms with van der Waals surface area (Å²) >= 11 is 0. The Morgan fingerprint density at radius 2 is 1.64 bits per heavy atom. The molecule has 0 atom stereocenters. The van der Waals surface area contributed by atoms with Crippen LogP contribution in [0.5, 0.6) is 0 Å². The van der Waals surface area contributed by atoms with E-state index >= 15 is 0 Å². The third-order valence-corrected chi connectivity index (χ3v) is 2.41. The van der Waals surface area contributed by atoms with Crippen LogP contribution in [0.15, 0.2) is 28.9 Å². The van der Waals surface area contributed by atoms with Crippen molar-refractivity contribution in [1.82, 2.24) is 0 Å². The second-order valence-corrected chi connectivity index (χ2v) is 5.22. The van der Waals surface area contributed by atoms with Gasteiger partial charge < -0.3 is 0 Å². The number of allylic oxidation sites excluding steroid dienone is 4. The maximum absolute atomic E-state index is 4.53. The Balaban J connectivity index is 3.10. The van der Waals surface area contributed by atoms with Gasteiger partial charge in [-0.05, 0) is 6.42 Å². The fourth-order valence-corrected chi connectivity index (χ4v) is 1.43. The summed E-state index contributed by atoms with van der Waals surface area (Å²) in [6.45, 7) is 11.0. The molecule has 0 unspecified atom stereocenters. The third kappa shape index (κ3) is 3.13. The van der Waals surface area contributed by atoms with Gasteiger partial charge in [0.25, 0.3) is 0 Å². The zero-order valence-electron chi connectivity index (χ0n) is 9.96. The van der Waals surface area contributed by atoms with Crippen molar-refractivity contribution in [3.8, 4) is 0 Å².